The lowest BCUT2D eigenvalue weighted by molar-refractivity contribution is 0.191. The fourth-order valence-electron chi connectivity index (χ4n) is 2.35. The summed E-state index contributed by atoms with van der Waals surface area (Å²) in [6.45, 7) is 6.40. The maximum Gasteiger partial charge on any atom is 0.178 e. The lowest BCUT2D eigenvalue weighted by Gasteiger charge is -2.16. The first-order valence-electron chi connectivity index (χ1n) is 7.75. The zero-order valence-electron chi connectivity index (χ0n) is 13.9. The molecule has 2 aromatic heterocycles. The average Bonchev–Trinajstić information content (AvgIpc) is 2.96. The molecule has 0 fully saturated rings. The Kier molecular flexibility index (Phi) is 4.19. The van der Waals surface area contributed by atoms with Crippen molar-refractivity contribution in [2.75, 3.05) is 11.9 Å². The number of hydrogen-bond donors (Lipinski definition) is 2. The van der Waals surface area contributed by atoms with Crippen LogP contribution in [0.5, 0.6) is 0 Å². The van der Waals surface area contributed by atoms with Gasteiger partial charge in [-0.1, -0.05) is 32.9 Å². The number of nitrogens with zero attached hydrogens (tertiary/aromatic N) is 4. The monoisotopic (exact) mass is 329 g/mol. The number of aromatic nitrogens is 4. The molecular formula is C17H20FN5O. The van der Waals surface area contributed by atoms with Crippen LogP contribution in [0.1, 0.15) is 38.3 Å². The highest BCUT2D eigenvalue weighted by Crippen LogP contribution is 2.21. The first-order chi connectivity index (χ1) is 11.3. The lowest BCUT2D eigenvalue weighted by Crippen LogP contribution is -2.18. The van der Waals surface area contributed by atoms with Crippen molar-refractivity contribution in [1.82, 2.24) is 19.8 Å². The number of benzene rings is 1. The van der Waals surface area contributed by atoms with Gasteiger partial charge >= 0.3 is 0 Å². The van der Waals surface area contributed by atoms with Crippen LogP contribution in [0.2, 0.25) is 0 Å². The number of halogens is 1. The maximum absolute atomic E-state index is 12.9. The number of aliphatic hydroxyl groups excluding tert-OH is 1. The van der Waals surface area contributed by atoms with Crippen LogP contribution in [0.15, 0.2) is 36.4 Å². The minimum atomic E-state index is -0.758. The predicted octanol–water partition coefficient (Wildman–Crippen LogP) is 2.71. The van der Waals surface area contributed by atoms with Gasteiger partial charge in [-0.25, -0.2) is 4.39 Å². The number of nitrogens with one attached hydrogen (secondary N) is 1. The summed E-state index contributed by atoms with van der Waals surface area (Å²) >= 11 is 0. The molecule has 1 unspecified atom stereocenters. The second kappa shape index (κ2) is 6.16. The van der Waals surface area contributed by atoms with Crippen molar-refractivity contribution in [3.8, 4) is 0 Å². The smallest absolute Gasteiger partial charge is 0.178 e. The van der Waals surface area contributed by atoms with Crippen molar-refractivity contribution in [3.05, 3.63) is 53.6 Å². The number of rotatable bonds is 4. The first-order valence-corrected chi connectivity index (χ1v) is 7.75. The van der Waals surface area contributed by atoms with Crippen molar-refractivity contribution in [1.29, 1.82) is 0 Å². The summed E-state index contributed by atoms with van der Waals surface area (Å²) in [6.07, 6.45) is -0.758. The molecule has 6 nitrogen and oxygen atoms in total. The van der Waals surface area contributed by atoms with Crippen LogP contribution >= 0.6 is 0 Å². The van der Waals surface area contributed by atoms with Crippen LogP contribution in [0.3, 0.4) is 0 Å². The van der Waals surface area contributed by atoms with Gasteiger partial charge in [0.15, 0.2) is 11.5 Å². The molecule has 2 heterocycles. The fraction of sp³-hybridized carbons (Fsp3) is 0.353. The van der Waals surface area contributed by atoms with Crippen molar-refractivity contribution in [2.24, 2.45) is 0 Å². The molecule has 0 radical (unpaired) electrons. The molecule has 1 atom stereocenters. The third-order valence-electron chi connectivity index (χ3n) is 3.66. The SMILES string of the molecule is CC(C)(C)c1nnc2ccc(NCC(O)c3ccc(F)cc3)nn12. The summed E-state index contributed by atoms with van der Waals surface area (Å²) in [6, 6.07) is 9.40. The molecule has 0 amide bonds. The topological polar surface area (TPSA) is 75.3 Å². The number of anilines is 1. The molecule has 3 rings (SSSR count). The molecule has 0 aliphatic rings. The van der Waals surface area contributed by atoms with E-state index in [-0.39, 0.29) is 17.8 Å². The van der Waals surface area contributed by atoms with E-state index in [9.17, 15) is 9.50 Å². The van der Waals surface area contributed by atoms with E-state index in [0.717, 1.165) is 5.82 Å². The van der Waals surface area contributed by atoms with Gasteiger partial charge in [-0.3, -0.25) is 0 Å². The Balaban J connectivity index is 1.76. The van der Waals surface area contributed by atoms with Crippen molar-refractivity contribution in [3.63, 3.8) is 0 Å². The van der Waals surface area contributed by atoms with Crippen LogP contribution in [-0.4, -0.2) is 31.5 Å². The van der Waals surface area contributed by atoms with Gasteiger partial charge in [-0.2, -0.15) is 4.52 Å². The molecule has 0 saturated heterocycles. The molecule has 7 heteroatoms. The van der Waals surface area contributed by atoms with Gasteiger partial charge in [0.05, 0.1) is 6.10 Å². The summed E-state index contributed by atoms with van der Waals surface area (Å²) in [7, 11) is 0. The van der Waals surface area contributed by atoms with E-state index in [0.29, 0.717) is 17.0 Å². The highest BCUT2D eigenvalue weighted by molar-refractivity contribution is 5.44. The third kappa shape index (κ3) is 3.35. The van der Waals surface area contributed by atoms with Crippen LogP contribution in [0.25, 0.3) is 5.65 Å². The first kappa shape index (κ1) is 16.3. The minimum Gasteiger partial charge on any atom is -0.387 e. The molecule has 2 N–H and O–H groups in total. The van der Waals surface area contributed by atoms with E-state index < -0.39 is 6.10 Å². The highest BCUT2D eigenvalue weighted by atomic mass is 19.1. The standard InChI is InChI=1S/C17H20FN5O/c1-17(2,3)16-21-20-15-9-8-14(22-23(15)16)19-10-13(24)11-4-6-12(18)7-5-11/h4-9,13,24H,10H2,1-3H3,(H,19,22). The van der Waals surface area contributed by atoms with Gasteiger partial charge in [-0.05, 0) is 29.8 Å². The molecule has 24 heavy (non-hydrogen) atoms. The molecule has 126 valence electrons. The summed E-state index contributed by atoms with van der Waals surface area (Å²) in [5, 5.41) is 26.1. The summed E-state index contributed by atoms with van der Waals surface area (Å²) < 4.78 is 14.6. The Labute approximate surface area is 139 Å². The summed E-state index contributed by atoms with van der Waals surface area (Å²) in [5.41, 5.74) is 1.13. The second-order valence-electron chi connectivity index (χ2n) is 6.71. The molecule has 0 aliphatic carbocycles. The number of aliphatic hydroxyl groups is 1. The van der Waals surface area contributed by atoms with E-state index in [2.05, 4.69) is 20.6 Å². The summed E-state index contributed by atoms with van der Waals surface area (Å²) in [5.74, 6) is 1.04. The normalized spacial score (nSPS) is 13.2. The highest BCUT2D eigenvalue weighted by Gasteiger charge is 2.21. The lowest BCUT2D eigenvalue weighted by atomic mass is 9.96. The van der Waals surface area contributed by atoms with E-state index in [1.807, 2.05) is 26.8 Å². The van der Waals surface area contributed by atoms with Crippen LogP contribution in [-0.2, 0) is 5.41 Å². The van der Waals surface area contributed by atoms with Crippen molar-refractivity contribution < 1.29 is 9.50 Å². The molecule has 0 aliphatic heterocycles. The Hall–Kier alpha value is -2.54. The fourth-order valence-corrected chi connectivity index (χ4v) is 2.35. The van der Waals surface area contributed by atoms with Gasteiger partial charge < -0.3 is 10.4 Å². The quantitative estimate of drug-likeness (QED) is 0.770. The van der Waals surface area contributed by atoms with E-state index in [4.69, 9.17) is 0 Å². The second-order valence-corrected chi connectivity index (χ2v) is 6.71. The van der Waals surface area contributed by atoms with Gasteiger partial charge in [0.25, 0.3) is 0 Å². The van der Waals surface area contributed by atoms with Crippen LogP contribution in [0, 0.1) is 5.82 Å². The summed E-state index contributed by atoms with van der Waals surface area (Å²) in [4.78, 5) is 0. The molecule has 0 saturated carbocycles. The average molecular weight is 329 g/mol. The van der Waals surface area contributed by atoms with Gasteiger partial charge in [0.2, 0.25) is 0 Å². The maximum atomic E-state index is 12.9. The van der Waals surface area contributed by atoms with E-state index >= 15 is 0 Å². The van der Waals surface area contributed by atoms with E-state index in [1.54, 1.807) is 22.7 Å². The Bertz CT molecular complexity index is 838. The van der Waals surface area contributed by atoms with E-state index in [1.165, 1.54) is 12.1 Å². The zero-order valence-corrected chi connectivity index (χ0v) is 13.9. The number of fused-ring (bicyclic) bond motifs is 1. The molecule has 1 aromatic carbocycles. The molecule has 3 aromatic rings. The Morgan fingerprint density at radius 3 is 2.50 bits per heavy atom. The van der Waals surface area contributed by atoms with Gasteiger partial charge in [-0.15, -0.1) is 15.3 Å². The van der Waals surface area contributed by atoms with Gasteiger partial charge in [0, 0.05) is 12.0 Å². The largest absolute Gasteiger partial charge is 0.387 e. The third-order valence-corrected chi connectivity index (χ3v) is 3.66. The van der Waals surface area contributed by atoms with Crippen molar-refractivity contribution in [2.45, 2.75) is 32.3 Å². The molecule has 0 spiro atoms. The van der Waals surface area contributed by atoms with Crippen LogP contribution < -0.4 is 5.32 Å². The van der Waals surface area contributed by atoms with Crippen LogP contribution in [0.4, 0.5) is 10.2 Å². The Morgan fingerprint density at radius 1 is 1.12 bits per heavy atom. The number of hydrogen-bond acceptors (Lipinski definition) is 5. The zero-order chi connectivity index (χ0) is 17.3. The Morgan fingerprint density at radius 2 is 1.83 bits per heavy atom. The molecular weight excluding hydrogens is 309 g/mol. The predicted molar refractivity (Wildman–Crippen MR) is 89.3 cm³/mol. The minimum absolute atomic E-state index is 0.182. The molecule has 0 bridgehead atoms. The van der Waals surface area contributed by atoms with Gasteiger partial charge in [0.1, 0.15) is 11.6 Å². The van der Waals surface area contributed by atoms with Crippen molar-refractivity contribution >= 4 is 11.5 Å².